The number of nitrogens with one attached hydrogen (secondary N) is 3. The van der Waals surface area contributed by atoms with Gasteiger partial charge in [0.1, 0.15) is 11.3 Å². The number of halogens is 6. The van der Waals surface area contributed by atoms with Gasteiger partial charge in [-0.2, -0.15) is 13.2 Å². The third kappa shape index (κ3) is 10.1. The van der Waals surface area contributed by atoms with Gasteiger partial charge < -0.3 is 14.4 Å². The Balaban J connectivity index is 1.98. The average molecular weight is 775 g/mol. The second-order valence-corrected chi connectivity index (χ2v) is 13.2. The van der Waals surface area contributed by atoms with E-state index in [2.05, 4.69) is 39.4 Å². The Morgan fingerprint density at radius 1 is 1.04 bits per heavy atom. The molecule has 1 saturated carbocycles. The molecule has 17 heteroatoms. The van der Waals surface area contributed by atoms with Crippen molar-refractivity contribution >= 4 is 45.4 Å². The second-order valence-electron chi connectivity index (χ2n) is 12.3. The summed E-state index contributed by atoms with van der Waals surface area (Å²) in [5, 5.41) is 2.29. The highest BCUT2D eigenvalue weighted by molar-refractivity contribution is 9.10. The first-order valence-electron chi connectivity index (χ1n) is 15.2. The fourth-order valence-corrected chi connectivity index (χ4v) is 5.28. The van der Waals surface area contributed by atoms with Crippen molar-refractivity contribution in [2.45, 2.75) is 82.4 Å². The number of rotatable bonds is 13. The summed E-state index contributed by atoms with van der Waals surface area (Å²) < 4.78 is 81.3. The number of benzene rings is 1. The van der Waals surface area contributed by atoms with Crippen molar-refractivity contribution in [1.82, 2.24) is 20.7 Å². The van der Waals surface area contributed by atoms with Crippen LogP contribution in [0.5, 0.6) is 0 Å². The van der Waals surface area contributed by atoms with Gasteiger partial charge in [-0.3, -0.25) is 30.6 Å². The number of amides is 4. The maximum Gasteiger partial charge on any atom is 0.427 e. The summed E-state index contributed by atoms with van der Waals surface area (Å²) in [6.07, 6.45) is -6.07. The molecule has 272 valence electrons. The molecule has 1 unspecified atom stereocenters. The highest BCUT2D eigenvalue weighted by atomic mass is 79.9. The molecule has 0 aliphatic heterocycles. The van der Waals surface area contributed by atoms with Crippen LogP contribution in [0.4, 0.5) is 32.4 Å². The molecular formula is C33H37BrF5N5O6. The molecule has 0 radical (unpaired) electrons. The predicted molar refractivity (Wildman–Crippen MR) is 176 cm³/mol. The number of aromatic nitrogens is 1. The maximum absolute atomic E-state index is 14.5. The molecule has 1 aromatic carbocycles. The second kappa shape index (κ2) is 16.1. The van der Waals surface area contributed by atoms with Crippen molar-refractivity contribution in [3.05, 3.63) is 83.1 Å². The van der Waals surface area contributed by atoms with Gasteiger partial charge in [0.2, 0.25) is 5.60 Å². The number of hydrogen-bond acceptors (Lipinski definition) is 7. The molecule has 3 rings (SSSR count). The minimum Gasteiger partial charge on any atom is -0.444 e. The number of ether oxygens (including phenoxy) is 2. The van der Waals surface area contributed by atoms with E-state index in [0.29, 0.717) is 5.56 Å². The summed E-state index contributed by atoms with van der Waals surface area (Å²) >= 11 is 3.17. The molecule has 0 bridgehead atoms. The molecule has 1 aliphatic rings. The van der Waals surface area contributed by atoms with Crippen LogP contribution in [0.3, 0.4) is 0 Å². The lowest BCUT2D eigenvalue weighted by atomic mass is 9.86. The highest BCUT2D eigenvalue weighted by Crippen LogP contribution is 2.41. The topological polar surface area (TPSA) is 139 Å². The molecule has 4 amide bonds. The Labute approximate surface area is 293 Å². The Morgan fingerprint density at radius 3 is 2.22 bits per heavy atom. The summed E-state index contributed by atoms with van der Waals surface area (Å²) in [5.41, 5.74) is -2.19. The SMILES string of the molecule is C=CCCN(C(=O)c1nc(C(=O)NNC(=O)C(CC=C)(OCc2ccccc2)C(F)(F)F)c(NC(=O)OC(C)(C)C)cc1Br)C1CC(F)(F)C1. The van der Waals surface area contributed by atoms with Crippen molar-refractivity contribution in [3.63, 3.8) is 0 Å². The molecule has 1 heterocycles. The smallest absolute Gasteiger partial charge is 0.427 e. The third-order valence-electron chi connectivity index (χ3n) is 7.25. The first-order valence-corrected chi connectivity index (χ1v) is 16.0. The van der Waals surface area contributed by atoms with Crippen molar-refractivity contribution in [2.24, 2.45) is 0 Å². The zero-order valence-electron chi connectivity index (χ0n) is 27.5. The Kier molecular flexibility index (Phi) is 12.9. The minimum atomic E-state index is -5.29. The van der Waals surface area contributed by atoms with Gasteiger partial charge in [-0.15, -0.1) is 13.2 Å². The molecule has 1 aromatic heterocycles. The maximum atomic E-state index is 14.5. The van der Waals surface area contributed by atoms with Crippen molar-refractivity contribution < 1.29 is 50.6 Å². The summed E-state index contributed by atoms with van der Waals surface area (Å²) in [5.74, 6) is -7.02. The van der Waals surface area contributed by atoms with E-state index < -0.39 is 90.4 Å². The van der Waals surface area contributed by atoms with E-state index in [4.69, 9.17) is 9.47 Å². The van der Waals surface area contributed by atoms with Gasteiger partial charge in [-0.25, -0.2) is 18.6 Å². The fraction of sp³-hybridized carbons (Fsp3) is 0.424. The standard InChI is InChI=1S/C33H37BrF5N5O6/c1-6-8-15-44(21-17-31(35,36)18-21)27(46)24-22(34)16-23(40-29(48)50-30(3,4)5)25(41-24)26(45)42-43-28(47)32(14-7-2,33(37,38)39)49-19-20-12-10-9-11-13-20/h6-7,9-13,16,21H,1-2,8,14-15,17-19H2,3-5H3,(H,40,48)(H,42,45)(H,43,47). The van der Waals surface area contributed by atoms with E-state index in [-0.39, 0.29) is 23.1 Å². The quantitative estimate of drug-likeness (QED) is 0.115. The third-order valence-corrected chi connectivity index (χ3v) is 7.85. The van der Waals surface area contributed by atoms with Crippen molar-refractivity contribution in [3.8, 4) is 0 Å². The van der Waals surface area contributed by atoms with Gasteiger partial charge >= 0.3 is 12.3 Å². The lowest BCUT2D eigenvalue weighted by Gasteiger charge is -2.42. The van der Waals surface area contributed by atoms with Crippen LogP contribution in [0.2, 0.25) is 0 Å². The minimum absolute atomic E-state index is 0.0154. The Hall–Kier alpha value is -4.38. The predicted octanol–water partition coefficient (Wildman–Crippen LogP) is 6.86. The molecule has 11 nitrogen and oxygen atoms in total. The number of alkyl halides is 5. The van der Waals surface area contributed by atoms with Gasteiger partial charge in [0.25, 0.3) is 23.6 Å². The van der Waals surface area contributed by atoms with Crippen molar-refractivity contribution in [2.75, 3.05) is 11.9 Å². The van der Waals surface area contributed by atoms with Crippen LogP contribution in [0.25, 0.3) is 0 Å². The van der Waals surface area contributed by atoms with Gasteiger partial charge in [0.15, 0.2) is 5.69 Å². The van der Waals surface area contributed by atoms with E-state index in [9.17, 15) is 41.1 Å². The normalized spacial score (nSPS) is 15.5. The van der Waals surface area contributed by atoms with Crippen LogP contribution in [0, 0.1) is 0 Å². The number of anilines is 1. The number of pyridine rings is 1. The Bertz CT molecular complexity index is 1590. The van der Waals surface area contributed by atoms with Crippen LogP contribution in [0.1, 0.15) is 73.0 Å². The number of carbonyl (C=O) groups excluding carboxylic acids is 4. The monoisotopic (exact) mass is 773 g/mol. The molecule has 1 atom stereocenters. The fourth-order valence-electron chi connectivity index (χ4n) is 4.79. The molecular weight excluding hydrogens is 737 g/mol. The molecule has 1 fully saturated rings. The molecule has 0 saturated heterocycles. The van der Waals surface area contributed by atoms with Gasteiger partial charge in [-0.1, -0.05) is 42.5 Å². The summed E-state index contributed by atoms with van der Waals surface area (Å²) in [4.78, 5) is 58.2. The van der Waals surface area contributed by atoms with Crippen LogP contribution < -0.4 is 16.2 Å². The molecule has 1 aliphatic carbocycles. The first kappa shape index (κ1) is 40.1. The van der Waals surface area contributed by atoms with Crippen LogP contribution in [-0.4, -0.2) is 69.6 Å². The number of nitrogens with zero attached hydrogens (tertiary/aromatic N) is 2. The van der Waals surface area contributed by atoms with Crippen LogP contribution in [-0.2, 0) is 20.9 Å². The van der Waals surface area contributed by atoms with Crippen molar-refractivity contribution in [1.29, 1.82) is 0 Å². The van der Waals surface area contributed by atoms with Gasteiger partial charge in [0.05, 0.1) is 16.8 Å². The summed E-state index contributed by atoms with van der Waals surface area (Å²) in [6, 6.07) is 7.98. The molecule has 2 aromatic rings. The van der Waals surface area contributed by atoms with E-state index in [1.165, 1.54) is 18.2 Å². The lowest BCUT2D eigenvalue weighted by molar-refractivity contribution is -0.270. The number of hydrazine groups is 1. The van der Waals surface area contributed by atoms with E-state index >= 15 is 0 Å². The largest absolute Gasteiger partial charge is 0.444 e. The lowest BCUT2D eigenvalue weighted by Crippen LogP contribution is -2.61. The average Bonchev–Trinajstić information content (AvgIpc) is 2.99. The zero-order valence-corrected chi connectivity index (χ0v) is 29.1. The molecule has 50 heavy (non-hydrogen) atoms. The molecule has 3 N–H and O–H groups in total. The van der Waals surface area contributed by atoms with Gasteiger partial charge in [-0.05, 0) is 54.8 Å². The Morgan fingerprint density at radius 2 is 1.68 bits per heavy atom. The van der Waals surface area contributed by atoms with E-state index in [1.807, 2.05) is 5.43 Å². The highest BCUT2D eigenvalue weighted by Gasteiger charge is 2.61. The summed E-state index contributed by atoms with van der Waals surface area (Å²) in [7, 11) is 0. The van der Waals surface area contributed by atoms with Crippen LogP contribution >= 0.6 is 15.9 Å². The van der Waals surface area contributed by atoms with Crippen LogP contribution in [0.15, 0.2) is 66.2 Å². The van der Waals surface area contributed by atoms with Gasteiger partial charge in [0, 0.05) is 31.8 Å². The zero-order chi connectivity index (χ0) is 37.5. The van der Waals surface area contributed by atoms with E-state index in [0.717, 1.165) is 17.0 Å². The number of hydrogen-bond donors (Lipinski definition) is 3. The summed E-state index contributed by atoms with van der Waals surface area (Å²) in [6.45, 7) is 10.9. The van der Waals surface area contributed by atoms with E-state index in [1.54, 1.807) is 44.4 Å². The molecule has 0 spiro atoms. The number of carbonyl (C=O) groups is 4. The first-order chi connectivity index (χ1) is 23.2.